The van der Waals surface area contributed by atoms with E-state index in [-0.39, 0.29) is 40.7 Å². The summed E-state index contributed by atoms with van der Waals surface area (Å²) in [5.74, 6) is 2.52. The highest BCUT2D eigenvalue weighted by atomic mass is 16.5. The van der Waals surface area contributed by atoms with E-state index in [1.165, 1.54) is 38.9 Å². The Balaban J connectivity index is 1.31. The van der Waals surface area contributed by atoms with Gasteiger partial charge >= 0.3 is 11.9 Å². The number of hydrogen-bond donors (Lipinski definition) is 1. The standard InChI is InChI=1S/C32H51NO5/c1-21(30(36)33-19-9-7-6-8-10-29(35)37-5)26-13-14-27-25-12-11-23-20-24(38-22(2)34)15-17-31(23,3)28(25)16-18-32(26,27)4/h11,21,24-28H,6-10,12-20H2,1-5H3,(H,33,36)/t21-,24-,25?,26+,27-,28-,31-,32+/m0/s1. The smallest absolute Gasteiger partial charge is 0.305 e. The van der Waals surface area contributed by atoms with Gasteiger partial charge in [0.15, 0.2) is 0 Å². The fraction of sp³-hybridized carbons (Fsp3) is 0.844. The first-order valence-electron chi connectivity index (χ1n) is 15.3. The summed E-state index contributed by atoms with van der Waals surface area (Å²) in [4.78, 5) is 35.9. The van der Waals surface area contributed by atoms with E-state index in [1.807, 2.05) is 0 Å². The number of hydrogen-bond acceptors (Lipinski definition) is 5. The molecule has 6 heteroatoms. The van der Waals surface area contributed by atoms with E-state index in [9.17, 15) is 14.4 Å². The Morgan fingerprint density at radius 1 is 1.03 bits per heavy atom. The van der Waals surface area contributed by atoms with Gasteiger partial charge in [0.05, 0.1) is 7.11 Å². The summed E-state index contributed by atoms with van der Waals surface area (Å²) in [5.41, 5.74) is 2.01. The van der Waals surface area contributed by atoms with Crippen molar-refractivity contribution in [3.8, 4) is 0 Å². The van der Waals surface area contributed by atoms with Crippen molar-refractivity contribution in [1.29, 1.82) is 0 Å². The molecule has 1 N–H and O–H groups in total. The van der Waals surface area contributed by atoms with E-state index in [4.69, 9.17) is 4.74 Å². The number of fused-ring (bicyclic) bond motifs is 5. The van der Waals surface area contributed by atoms with Crippen LogP contribution in [0.15, 0.2) is 11.6 Å². The van der Waals surface area contributed by atoms with Gasteiger partial charge in [-0.15, -0.1) is 0 Å². The molecular formula is C32H51NO5. The van der Waals surface area contributed by atoms with Crippen molar-refractivity contribution in [2.24, 2.45) is 40.4 Å². The fourth-order valence-corrected chi connectivity index (χ4v) is 9.23. The lowest BCUT2D eigenvalue weighted by Gasteiger charge is -2.58. The molecule has 0 heterocycles. The number of carbonyl (C=O) groups is 3. The van der Waals surface area contributed by atoms with Crippen molar-refractivity contribution >= 4 is 17.8 Å². The SMILES string of the molecule is COC(=O)CCCCCCNC(=O)[C@@H](C)[C@H]1CC[C@H]2C3CC=C4C[C@@H](OC(C)=O)CC[C@]4(C)[C@H]3CC[C@]12C. The van der Waals surface area contributed by atoms with Gasteiger partial charge in [-0.1, -0.05) is 45.3 Å². The van der Waals surface area contributed by atoms with Crippen LogP contribution < -0.4 is 5.32 Å². The van der Waals surface area contributed by atoms with Crippen LogP contribution in [0.4, 0.5) is 0 Å². The number of esters is 2. The van der Waals surface area contributed by atoms with Crippen molar-refractivity contribution in [3.05, 3.63) is 11.6 Å². The Labute approximate surface area is 230 Å². The summed E-state index contributed by atoms with van der Waals surface area (Å²) in [6, 6.07) is 0. The molecule has 0 aromatic heterocycles. The quantitative estimate of drug-likeness (QED) is 0.202. The van der Waals surface area contributed by atoms with Gasteiger partial charge in [-0.25, -0.2) is 0 Å². The molecule has 8 atom stereocenters. The second-order valence-corrected chi connectivity index (χ2v) is 13.3. The molecular weight excluding hydrogens is 478 g/mol. The number of ether oxygens (including phenoxy) is 2. The summed E-state index contributed by atoms with van der Waals surface area (Å²) in [6.07, 6.45) is 15.9. The topological polar surface area (TPSA) is 81.7 Å². The lowest BCUT2D eigenvalue weighted by atomic mass is 9.47. The molecule has 4 aliphatic rings. The Kier molecular flexibility index (Phi) is 9.30. The van der Waals surface area contributed by atoms with E-state index >= 15 is 0 Å². The summed E-state index contributed by atoms with van der Waals surface area (Å²) < 4.78 is 10.3. The van der Waals surface area contributed by atoms with Crippen LogP contribution in [0.2, 0.25) is 0 Å². The van der Waals surface area contributed by atoms with Crippen molar-refractivity contribution in [2.45, 2.75) is 117 Å². The summed E-state index contributed by atoms with van der Waals surface area (Å²) in [7, 11) is 1.43. The van der Waals surface area contributed by atoms with Gasteiger partial charge in [0.1, 0.15) is 6.10 Å². The number of unbranched alkanes of at least 4 members (excludes halogenated alkanes) is 3. The van der Waals surface area contributed by atoms with E-state index < -0.39 is 0 Å². The van der Waals surface area contributed by atoms with Crippen molar-refractivity contribution < 1.29 is 23.9 Å². The van der Waals surface area contributed by atoms with Crippen LogP contribution in [0, 0.1) is 40.4 Å². The van der Waals surface area contributed by atoms with Gasteiger partial charge in [-0.2, -0.15) is 0 Å². The molecule has 4 rings (SSSR count). The highest BCUT2D eigenvalue weighted by molar-refractivity contribution is 5.78. The zero-order valence-electron chi connectivity index (χ0n) is 24.5. The maximum atomic E-state index is 13.2. The average molecular weight is 530 g/mol. The van der Waals surface area contributed by atoms with Gasteiger partial charge in [0, 0.05) is 32.2 Å². The fourth-order valence-electron chi connectivity index (χ4n) is 9.23. The molecule has 1 amide bonds. The number of allylic oxidation sites excluding steroid dienone is 1. The monoisotopic (exact) mass is 529 g/mol. The van der Waals surface area contributed by atoms with Crippen LogP contribution in [0.25, 0.3) is 0 Å². The number of carbonyl (C=O) groups excluding carboxylic acids is 3. The first kappa shape index (κ1) is 29.1. The summed E-state index contributed by atoms with van der Waals surface area (Å²) in [6.45, 7) is 9.39. The van der Waals surface area contributed by atoms with Crippen LogP contribution in [0.3, 0.4) is 0 Å². The summed E-state index contributed by atoms with van der Waals surface area (Å²) in [5, 5.41) is 3.22. The van der Waals surface area contributed by atoms with Crippen molar-refractivity contribution in [3.63, 3.8) is 0 Å². The minimum atomic E-state index is -0.160. The average Bonchev–Trinajstić information content (AvgIpc) is 3.24. The first-order chi connectivity index (χ1) is 18.1. The molecule has 0 bridgehead atoms. The van der Waals surface area contributed by atoms with Crippen LogP contribution >= 0.6 is 0 Å². The molecule has 0 aliphatic heterocycles. The molecule has 6 nitrogen and oxygen atoms in total. The van der Waals surface area contributed by atoms with Crippen LogP contribution in [0.1, 0.15) is 111 Å². The number of methoxy groups -OCH3 is 1. The van der Waals surface area contributed by atoms with Crippen LogP contribution in [-0.2, 0) is 23.9 Å². The molecule has 1 unspecified atom stereocenters. The first-order valence-corrected chi connectivity index (χ1v) is 15.3. The largest absolute Gasteiger partial charge is 0.469 e. The lowest BCUT2D eigenvalue weighted by Crippen LogP contribution is -2.51. The van der Waals surface area contributed by atoms with E-state index in [1.54, 1.807) is 0 Å². The third kappa shape index (κ3) is 5.84. The molecule has 0 radical (unpaired) electrons. The third-order valence-corrected chi connectivity index (χ3v) is 11.3. The van der Waals surface area contributed by atoms with Crippen molar-refractivity contribution in [1.82, 2.24) is 5.32 Å². The zero-order valence-corrected chi connectivity index (χ0v) is 24.5. The molecule has 0 aromatic carbocycles. The van der Waals surface area contributed by atoms with Gasteiger partial charge in [0.2, 0.25) is 5.91 Å². The second-order valence-electron chi connectivity index (χ2n) is 13.3. The molecule has 214 valence electrons. The predicted molar refractivity (Wildman–Crippen MR) is 148 cm³/mol. The normalized spacial score (nSPS) is 36.7. The summed E-state index contributed by atoms with van der Waals surface area (Å²) >= 11 is 0. The Bertz CT molecular complexity index is 914. The lowest BCUT2D eigenvalue weighted by molar-refractivity contribution is -0.148. The number of rotatable bonds is 10. The zero-order chi connectivity index (χ0) is 27.5. The van der Waals surface area contributed by atoms with E-state index in [0.29, 0.717) is 30.1 Å². The van der Waals surface area contributed by atoms with E-state index in [0.717, 1.165) is 64.3 Å². The Hall–Kier alpha value is -1.85. The molecule has 0 aromatic rings. The molecule has 0 spiro atoms. The van der Waals surface area contributed by atoms with Crippen LogP contribution in [-0.4, -0.2) is 37.6 Å². The Morgan fingerprint density at radius 2 is 1.79 bits per heavy atom. The molecule has 3 saturated carbocycles. The highest BCUT2D eigenvalue weighted by Gasteiger charge is 2.59. The molecule has 0 saturated heterocycles. The van der Waals surface area contributed by atoms with Gasteiger partial charge in [-0.05, 0) is 92.3 Å². The van der Waals surface area contributed by atoms with Crippen LogP contribution in [0.5, 0.6) is 0 Å². The minimum absolute atomic E-state index is 0.0466. The maximum absolute atomic E-state index is 13.2. The van der Waals surface area contributed by atoms with Gasteiger partial charge in [-0.3, -0.25) is 14.4 Å². The molecule has 38 heavy (non-hydrogen) atoms. The van der Waals surface area contributed by atoms with Crippen molar-refractivity contribution in [2.75, 3.05) is 13.7 Å². The number of amides is 1. The predicted octanol–water partition coefficient (Wildman–Crippen LogP) is 6.37. The minimum Gasteiger partial charge on any atom is -0.469 e. The Morgan fingerprint density at radius 3 is 2.53 bits per heavy atom. The number of nitrogens with one attached hydrogen (secondary N) is 1. The van der Waals surface area contributed by atoms with E-state index in [2.05, 4.69) is 36.9 Å². The second kappa shape index (κ2) is 12.1. The molecule has 3 fully saturated rings. The highest BCUT2D eigenvalue weighted by Crippen LogP contribution is 2.67. The van der Waals surface area contributed by atoms with Gasteiger partial charge in [0.25, 0.3) is 0 Å². The van der Waals surface area contributed by atoms with Gasteiger partial charge < -0.3 is 14.8 Å². The maximum Gasteiger partial charge on any atom is 0.305 e. The third-order valence-electron chi connectivity index (χ3n) is 11.3. The molecule has 4 aliphatic carbocycles.